The number of rotatable bonds is 8. The Hall–Kier alpha value is -1.09. The van der Waals surface area contributed by atoms with Gasteiger partial charge in [0.15, 0.2) is 0 Å². The molecule has 0 radical (unpaired) electrons. The highest BCUT2D eigenvalue weighted by Crippen LogP contribution is 2.15. The topological polar surface area (TPSA) is 21.3 Å². The third kappa shape index (κ3) is 5.68. The van der Waals surface area contributed by atoms with Crippen molar-refractivity contribution in [2.75, 3.05) is 19.7 Å². The van der Waals surface area contributed by atoms with Gasteiger partial charge in [0.1, 0.15) is 11.6 Å². The Morgan fingerprint density at radius 2 is 2.06 bits per heavy atom. The van der Waals surface area contributed by atoms with Crippen molar-refractivity contribution >= 4 is 0 Å². The molecule has 0 saturated heterocycles. The molecule has 1 aromatic rings. The maximum absolute atomic E-state index is 13.2. The molecule has 0 aliphatic carbocycles. The van der Waals surface area contributed by atoms with Crippen LogP contribution in [0.4, 0.5) is 4.39 Å². The van der Waals surface area contributed by atoms with E-state index in [-0.39, 0.29) is 5.82 Å². The van der Waals surface area contributed by atoms with E-state index in [1.54, 1.807) is 13.0 Å². The van der Waals surface area contributed by atoms with Crippen LogP contribution in [0.1, 0.15) is 31.7 Å². The van der Waals surface area contributed by atoms with Crippen LogP contribution in [0.5, 0.6) is 5.75 Å². The Balaban J connectivity index is 2.11. The Bertz CT molecular complexity index is 328. The summed E-state index contributed by atoms with van der Waals surface area (Å²) < 4.78 is 18.7. The number of hydrogen-bond acceptors (Lipinski definition) is 2. The standard InChI is InChI=1S/C14H22FNO/c1-3-8-16-9-4-5-10-17-13-7-6-12(2)14(15)11-13/h6-7,11,16H,3-5,8-10H2,1-2H3. The van der Waals surface area contributed by atoms with E-state index in [1.807, 2.05) is 6.07 Å². The molecule has 0 aromatic heterocycles. The Labute approximate surface area is 103 Å². The summed E-state index contributed by atoms with van der Waals surface area (Å²) in [4.78, 5) is 0. The van der Waals surface area contributed by atoms with Crippen LogP contribution >= 0.6 is 0 Å². The molecule has 1 aromatic carbocycles. The SMILES string of the molecule is CCCNCCCCOc1ccc(C)c(F)c1. The maximum Gasteiger partial charge on any atom is 0.129 e. The van der Waals surface area contributed by atoms with Crippen molar-refractivity contribution in [1.29, 1.82) is 0 Å². The first-order valence-electron chi connectivity index (χ1n) is 6.33. The molecule has 0 fully saturated rings. The van der Waals surface area contributed by atoms with E-state index in [0.29, 0.717) is 17.9 Å². The highest BCUT2D eigenvalue weighted by atomic mass is 19.1. The average molecular weight is 239 g/mol. The van der Waals surface area contributed by atoms with Crippen molar-refractivity contribution < 1.29 is 9.13 Å². The fraction of sp³-hybridized carbons (Fsp3) is 0.571. The number of nitrogens with one attached hydrogen (secondary N) is 1. The molecule has 0 bridgehead atoms. The molecule has 17 heavy (non-hydrogen) atoms. The van der Waals surface area contributed by atoms with Crippen LogP contribution in [0.3, 0.4) is 0 Å². The normalized spacial score (nSPS) is 10.5. The van der Waals surface area contributed by atoms with Crippen molar-refractivity contribution in [2.45, 2.75) is 33.1 Å². The summed E-state index contributed by atoms with van der Waals surface area (Å²) in [5.41, 5.74) is 0.654. The monoisotopic (exact) mass is 239 g/mol. The lowest BCUT2D eigenvalue weighted by atomic mass is 10.2. The zero-order valence-corrected chi connectivity index (χ0v) is 10.8. The van der Waals surface area contributed by atoms with E-state index in [9.17, 15) is 4.39 Å². The summed E-state index contributed by atoms with van der Waals surface area (Å²) in [5, 5.41) is 3.33. The second-order valence-electron chi connectivity index (χ2n) is 4.22. The van der Waals surface area contributed by atoms with E-state index in [0.717, 1.165) is 25.9 Å². The third-order valence-electron chi connectivity index (χ3n) is 2.59. The molecule has 0 heterocycles. The molecule has 1 N–H and O–H groups in total. The molecular formula is C14H22FNO. The second kappa shape index (κ2) is 8.07. The van der Waals surface area contributed by atoms with Crippen LogP contribution in [0.2, 0.25) is 0 Å². The zero-order valence-electron chi connectivity index (χ0n) is 10.8. The number of benzene rings is 1. The second-order valence-corrected chi connectivity index (χ2v) is 4.22. The van der Waals surface area contributed by atoms with Gasteiger partial charge in [0, 0.05) is 6.07 Å². The van der Waals surface area contributed by atoms with E-state index in [2.05, 4.69) is 12.2 Å². The van der Waals surface area contributed by atoms with Crippen molar-refractivity contribution in [2.24, 2.45) is 0 Å². The summed E-state index contributed by atoms with van der Waals surface area (Å²) >= 11 is 0. The van der Waals surface area contributed by atoms with Crippen LogP contribution in [0, 0.1) is 12.7 Å². The number of hydrogen-bond donors (Lipinski definition) is 1. The van der Waals surface area contributed by atoms with Crippen LogP contribution in [-0.2, 0) is 0 Å². The van der Waals surface area contributed by atoms with Crippen molar-refractivity contribution in [3.63, 3.8) is 0 Å². The van der Waals surface area contributed by atoms with Crippen molar-refractivity contribution in [3.8, 4) is 5.75 Å². The van der Waals surface area contributed by atoms with Gasteiger partial charge >= 0.3 is 0 Å². The Morgan fingerprint density at radius 3 is 2.76 bits per heavy atom. The van der Waals surface area contributed by atoms with Gasteiger partial charge in [-0.2, -0.15) is 0 Å². The van der Waals surface area contributed by atoms with E-state index >= 15 is 0 Å². The summed E-state index contributed by atoms with van der Waals surface area (Å²) in [5.74, 6) is 0.418. The molecule has 0 aliphatic rings. The maximum atomic E-state index is 13.2. The summed E-state index contributed by atoms with van der Waals surface area (Å²) in [7, 11) is 0. The van der Waals surface area contributed by atoms with Gasteiger partial charge in [0.05, 0.1) is 6.61 Å². The predicted octanol–water partition coefficient (Wildman–Crippen LogP) is 3.29. The highest BCUT2D eigenvalue weighted by Gasteiger charge is 1.99. The highest BCUT2D eigenvalue weighted by molar-refractivity contribution is 5.27. The van der Waals surface area contributed by atoms with Gasteiger partial charge in [-0.1, -0.05) is 13.0 Å². The molecule has 2 nitrogen and oxygen atoms in total. The molecular weight excluding hydrogens is 217 g/mol. The third-order valence-corrected chi connectivity index (χ3v) is 2.59. The fourth-order valence-corrected chi connectivity index (χ4v) is 1.51. The van der Waals surface area contributed by atoms with Crippen LogP contribution in [-0.4, -0.2) is 19.7 Å². The van der Waals surface area contributed by atoms with Crippen molar-refractivity contribution in [1.82, 2.24) is 5.32 Å². The van der Waals surface area contributed by atoms with Gasteiger partial charge in [-0.05, 0) is 50.9 Å². The first-order chi connectivity index (χ1) is 8.24. The Morgan fingerprint density at radius 1 is 1.24 bits per heavy atom. The number of halogens is 1. The van der Waals surface area contributed by atoms with Gasteiger partial charge in [0.25, 0.3) is 0 Å². The summed E-state index contributed by atoms with van der Waals surface area (Å²) in [6, 6.07) is 5.01. The van der Waals surface area contributed by atoms with Gasteiger partial charge in [0.2, 0.25) is 0 Å². The average Bonchev–Trinajstić information content (AvgIpc) is 2.32. The predicted molar refractivity (Wildman–Crippen MR) is 69.0 cm³/mol. The molecule has 0 amide bonds. The lowest BCUT2D eigenvalue weighted by molar-refractivity contribution is 0.304. The van der Waals surface area contributed by atoms with Crippen LogP contribution < -0.4 is 10.1 Å². The molecule has 0 atom stereocenters. The fourth-order valence-electron chi connectivity index (χ4n) is 1.51. The molecule has 1 rings (SSSR count). The molecule has 0 spiro atoms. The van der Waals surface area contributed by atoms with E-state index < -0.39 is 0 Å². The smallest absolute Gasteiger partial charge is 0.129 e. The number of unbranched alkanes of at least 4 members (excludes halogenated alkanes) is 1. The van der Waals surface area contributed by atoms with E-state index in [4.69, 9.17) is 4.74 Å². The minimum Gasteiger partial charge on any atom is -0.493 e. The zero-order chi connectivity index (χ0) is 12.5. The van der Waals surface area contributed by atoms with Gasteiger partial charge in [-0.3, -0.25) is 0 Å². The first kappa shape index (κ1) is 14.0. The van der Waals surface area contributed by atoms with Crippen LogP contribution in [0.15, 0.2) is 18.2 Å². The lowest BCUT2D eigenvalue weighted by Gasteiger charge is -2.07. The van der Waals surface area contributed by atoms with Crippen molar-refractivity contribution in [3.05, 3.63) is 29.6 Å². The summed E-state index contributed by atoms with van der Waals surface area (Å²) in [6.45, 7) is 6.65. The molecule has 0 unspecified atom stereocenters. The van der Waals surface area contributed by atoms with Gasteiger partial charge in [-0.25, -0.2) is 4.39 Å². The number of aryl methyl sites for hydroxylation is 1. The molecule has 0 aliphatic heterocycles. The van der Waals surface area contributed by atoms with E-state index in [1.165, 1.54) is 12.5 Å². The largest absolute Gasteiger partial charge is 0.493 e. The van der Waals surface area contributed by atoms with Gasteiger partial charge in [-0.15, -0.1) is 0 Å². The number of ether oxygens (including phenoxy) is 1. The van der Waals surface area contributed by atoms with Crippen LogP contribution in [0.25, 0.3) is 0 Å². The Kier molecular flexibility index (Phi) is 6.63. The minimum atomic E-state index is -0.202. The summed E-state index contributed by atoms with van der Waals surface area (Å²) in [6.07, 6.45) is 3.25. The molecule has 3 heteroatoms. The lowest BCUT2D eigenvalue weighted by Crippen LogP contribution is -2.16. The minimum absolute atomic E-state index is 0.202. The van der Waals surface area contributed by atoms with Gasteiger partial charge < -0.3 is 10.1 Å². The molecule has 0 saturated carbocycles. The molecule has 96 valence electrons. The quantitative estimate of drug-likeness (QED) is 0.703. The first-order valence-corrected chi connectivity index (χ1v) is 6.33.